The van der Waals surface area contributed by atoms with Crippen LogP contribution in [0.3, 0.4) is 0 Å². The van der Waals surface area contributed by atoms with Gasteiger partial charge in [0.2, 0.25) is 0 Å². The molecule has 0 aliphatic heterocycles. The summed E-state index contributed by atoms with van der Waals surface area (Å²) in [7, 11) is 0. The molecule has 0 radical (unpaired) electrons. The Morgan fingerprint density at radius 1 is 0.677 bits per heavy atom. The first kappa shape index (κ1) is 16.8. The molecular weight excluding hydrogens is 376 g/mol. The fourth-order valence-corrected chi connectivity index (χ4v) is 5.51. The van der Waals surface area contributed by atoms with Gasteiger partial charge in [-0.3, -0.25) is 4.98 Å². The van der Waals surface area contributed by atoms with Gasteiger partial charge in [0.1, 0.15) is 0 Å². The third-order valence-electron chi connectivity index (χ3n) is 6.69. The highest BCUT2D eigenvalue weighted by molar-refractivity contribution is 6.29. The molecule has 0 saturated heterocycles. The molecule has 3 aromatic heterocycles. The summed E-state index contributed by atoms with van der Waals surface area (Å²) >= 11 is 0. The van der Waals surface area contributed by atoms with E-state index < -0.39 is 0 Å². The van der Waals surface area contributed by atoms with Crippen LogP contribution in [-0.2, 0) is 0 Å². The van der Waals surface area contributed by atoms with E-state index >= 15 is 0 Å². The van der Waals surface area contributed by atoms with E-state index in [9.17, 15) is 0 Å². The van der Waals surface area contributed by atoms with E-state index in [0.29, 0.717) is 0 Å². The Morgan fingerprint density at radius 2 is 1.45 bits per heavy atom. The zero-order valence-electron chi connectivity index (χ0n) is 17.5. The number of rotatable bonds is 1. The van der Waals surface area contributed by atoms with Crippen LogP contribution in [0.15, 0.2) is 85.1 Å². The molecule has 0 bridgehead atoms. The predicted octanol–water partition coefficient (Wildman–Crippen LogP) is 7.67. The van der Waals surface area contributed by atoms with Crippen molar-refractivity contribution in [2.45, 2.75) is 13.8 Å². The molecule has 7 aromatic rings. The van der Waals surface area contributed by atoms with Gasteiger partial charge in [-0.25, -0.2) is 0 Å². The highest BCUT2D eigenvalue weighted by Gasteiger charge is 2.21. The SMILES string of the molecule is Cc1cc(C)c2c(c1)c1ncc(-c3ccccc3)c3ccc4c5ccccc5n2c4c31. The summed E-state index contributed by atoms with van der Waals surface area (Å²) in [6.07, 6.45) is 2.05. The van der Waals surface area contributed by atoms with Crippen molar-refractivity contribution >= 4 is 49.0 Å². The molecule has 0 aliphatic rings. The molecule has 0 fully saturated rings. The van der Waals surface area contributed by atoms with Crippen LogP contribution in [0.2, 0.25) is 0 Å². The van der Waals surface area contributed by atoms with Crippen molar-refractivity contribution in [1.82, 2.24) is 9.38 Å². The monoisotopic (exact) mass is 396 g/mol. The van der Waals surface area contributed by atoms with E-state index in [1.807, 2.05) is 0 Å². The van der Waals surface area contributed by atoms with E-state index in [4.69, 9.17) is 4.98 Å². The van der Waals surface area contributed by atoms with Crippen molar-refractivity contribution in [3.05, 3.63) is 96.2 Å². The van der Waals surface area contributed by atoms with Crippen molar-refractivity contribution in [3.63, 3.8) is 0 Å². The molecule has 146 valence electrons. The molecule has 0 amide bonds. The molecule has 0 atom stereocenters. The van der Waals surface area contributed by atoms with Gasteiger partial charge < -0.3 is 4.40 Å². The van der Waals surface area contributed by atoms with Gasteiger partial charge >= 0.3 is 0 Å². The van der Waals surface area contributed by atoms with Crippen molar-refractivity contribution in [2.24, 2.45) is 0 Å². The smallest absolute Gasteiger partial charge is 0.0823 e. The van der Waals surface area contributed by atoms with Crippen LogP contribution in [0, 0.1) is 13.8 Å². The largest absolute Gasteiger partial charge is 0.308 e. The summed E-state index contributed by atoms with van der Waals surface area (Å²) in [6.45, 7) is 4.39. The first-order chi connectivity index (χ1) is 15.2. The number of benzene rings is 4. The first-order valence-corrected chi connectivity index (χ1v) is 10.7. The summed E-state index contributed by atoms with van der Waals surface area (Å²) in [5.41, 5.74) is 9.84. The highest BCUT2D eigenvalue weighted by Crippen LogP contribution is 2.43. The molecule has 3 heterocycles. The van der Waals surface area contributed by atoms with Gasteiger partial charge in [-0.05, 0) is 42.5 Å². The van der Waals surface area contributed by atoms with Crippen LogP contribution < -0.4 is 0 Å². The average Bonchev–Trinajstić information content (AvgIpc) is 3.13. The van der Waals surface area contributed by atoms with Crippen LogP contribution in [0.5, 0.6) is 0 Å². The Hall–Kier alpha value is -3.91. The first-order valence-electron chi connectivity index (χ1n) is 10.7. The molecule has 0 aliphatic carbocycles. The number of fused-ring (bicyclic) bond motifs is 6. The van der Waals surface area contributed by atoms with E-state index in [1.54, 1.807) is 0 Å². The van der Waals surface area contributed by atoms with Crippen LogP contribution in [-0.4, -0.2) is 9.38 Å². The summed E-state index contributed by atoms with van der Waals surface area (Å²) < 4.78 is 2.47. The third-order valence-corrected chi connectivity index (χ3v) is 6.69. The van der Waals surface area contributed by atoms with Crippen molar-refractivity contribution < 1.29 is 0 Å². The molecule has 2 nitrogen and oxygen atoms in total. The predicted molar refractivity (Wildman–Crippen MR) is 131 cm³/mol. The van der Waals surface area contributed by atoms with Gasteiger partial charge in [-0.1, -0.05) is 72.3 Å². The minimum absolute atomic E-state index is 1.09. The molecular formula is C29H20N2. The molecule has 0 spiro atoms. The number of hydrogen-bond acceptors (Lipinski definition) is 1. The Kier molecular flexibility index (Phi) is 3.17. The molecule has 2 heteroatoms. The average molecular weight is 396 g/mol. The second kappa shape index (κ2) is 5.83. The Bertz CT molecular complexity index is 1790. The van der Waals surface area contributed by atoms with Crippen LogP contribution in [0.1, 0.15) is 11.1 Å². The standard InChI is InChI=1S/C29H20N2/c1-17-14-18(2)28-23(15-17)27-26-21(24(16-30-27)19-8-4-3-5-9-19)12-13-22-20-10-6-7-11-25(20)31(28)29(22)26/h3-16H,1-2H3. The molecule has 0 N–H and O–H groups in total. The van der Waals surface area contributed by atoms with Gasteiger partial charge in [-0.15, -0.1) is 0 Å². The lowest BCUT2D eigenvalue weighted by Gasteiger charge is -2.16. The normalized spacial score (nSPS) is 12.2. The van der Waals surface area contributed by atoms with Gasteiger partial charge in [0.15, 0.2) is 0 Å². The number of para-hydroxylation sites is 1. The Labute approximate surface area is 179 Å². The third kappa shape index (κ3) is 2.09. The van der Waals surface area contributed by atoms with Gasteiger partial charge in [-0.2, -0.15) is 0 Å². The number of hydrogen-bond donors (Lipinski definition) is 0. The number of aromatic nitrogens is 2. The van der Waals surface area contributed by atoms with E-state index in [-0.39, 0.29) is 0 Å². The van der Waals surface area contributed by atoms with Crippen LogP contribution >= 0.6 is 0 Å². The van der Waals surface area contributed by atoms with Gasteiger partial charge in [0.05, 0.1) is 22.1 Å². The molecule has 31 heavy (non-hydrogen) atoms. The maximum Gasteiger partial charge on any atom is 0.0823 e. The zero-order valence-corrected chi connectivity index (χ0v) is 17.5. The van der Waals surface area contributed by atoms with Crippen LogP contribution in [0.4, 0.5) is 0 Å². The number of aryl methyl sites for hydroxylation is 2. The lowest BCUT2D eigenvalue weighted by Crippen LogP contribution is -1.97. The van der Waals surface area contributed by atoms with Crippen molar-refractivity contribution in [2.75, 3.05) is 0 Å². The molecule has 0 saturated carbocycles. The highest BCUT2D eigenvalue weighted by atomic mass is 14.9. The topological polar surface area (TPSA) is 17.3 Å². The zero-order chi connectivity index (χ0) is 20.7. The van der Waals surface area contributed by atoms with E-state index in [1.165, 1.54) is 65.7 Å². The maximum atomic E-state index is 5.08. The van der Waals surface area contributed by atoms with Crippen LogP contribution in [0.25, 0.3) is 60.1 Å². The van der Waals surface area contributed by atoms with Crippen molar-refractivity contribution in [1.29, 1.82) is 0 Å². The summed E-state index contributed by atoms with van der Waals surface area (Å²) in [5, 5.41) is 6.33. The second-order valence-corrected chi connectivity index (χ2v) is 8.60. The lowest BCUT2D eigenvalue weighted by molar-refractivity contribution is 1.29. The summed E-state index contributed by atoms with van der Waals surface area (Å²) in [4.78, 5) is 5.08. The summed E-state index contributed by atoms with van der Waals surface area (Å²) in [5.74, 6) is 0. The fourth-order valence-electron chi connectivity index (χ4n) is 5.51. The summed E-state index contributed by atoms with van der Waals surface area (Å²) in [6, 6.07) is 28.5. The van der Waals surface area contributed by atoms with Crippen molar-refractivity contribution in [3.8, 4) is 11.1 Å². The second-order valence-electron chi connectivity index (χ2n) is 8.60. The molecule has 4 aromatic carbocycles. The van der Waals surface area contributed by atoms with Gasteiger partial charge in [0.25, 0.3) is 0 Å². The minimum Gasteiger partial charge on any atom is -0.308 e. The fraction of sp³-hybridized carbons (Fsp3) is 0.0690. The van der Waals surface area contributed by atoms with E-state index in [2.05, 4.69) is 103 Å². The maximum absolute atomic E-state index is 5.08. The molecule has 7 rings (SSSR count). The Balaban J connectivity index is 1.85. The quantitative estimate of drug-likeness (QED) is 0.206. The number of pyridine rings is 2. The van der Waals surface area contributed by atoms with E-state index in [0.717, 1.165) is 5.52 Å². The minimum atomic E-state index is 1.09. The number of nitrogens with zero attached hydrogens (tertiary/aromatic N) is 2. The van der Waals surface area contributed by atoms with Gasteiger partial charge in [0, 0.05) is 33.3 Å². The lowest BCUT2D eigenvalue weighted by atomic mass is 9.95. The Morgan fingerprint density at radius 3 is 2.32 bits per heavy atom. The molecule has 0 unspecified atom stereocenters.